The van der Waals surface area contributed by atoms with Crippen LogP contribution in [0.3, 0.4) is 0 Å². The highest BCUT2D eigenvalue weighted by Crippen LogP contribution is 2.34. The van der Waals surface area contributed by atoms with Crippen molar-refractivity contribution in [3.63, 3.8) is 0 Å². The van der Waals surface area contributed by atoms with Gasteiger partial charge >= 0.3 is 0 Å². The fourth-order valence-corrected chi connectivity index (χ4v) is 2.60. The molecule has 0 saturated heterocycles. The zero-order chi connectivity index (χ0) is 19.9. The standard InChI is InChI=1S/C21H27NO5/c1-21(2,3)17-13-16(24-4)7-9-18(17)26-10-11-27-19-8-6-15(14-22-23)12-20(19)25-5/h6-9,12-14,23H,10-11H2,1-5H3. The molecule has 2 aromatic rings. The average Bonchev–Trinajstić information content (AvgIpc) is 2.65. The summed E-state index contributed by atoms with van der Waals surface area (Å²) in [4.78, 5) is 0. The predicted octanol–water partition coefficient (Wildman–Crippen LogP) is 4.27. The highest BCUT2D eigenvalue weighted by Gasteiger charge is 2.20. The molecule has 0 aliphatic heterocycles. The Morgan fingerprint density at radius 3 is 2.15 bits per heavy atom. The summed E-state index contributed by atoms with van der Waals surface area (Å²) < 4.78 is 22.4. The van der Waals surface area contributed by atoms with E-state index < -0.39 is 0 Å². The van der Waals surface area contributed by atoms with Gasteiger partial charge in [0.1, 0.15) is 24.7 Å². The van der Waals surface area contributed by atoms with E-state index in [2.05, 4.69) is 25.9 Å². The van der Waals surface area contributed by atoms with Gasteiger partial charge in [0.25, 0.3) is 0 Å². The Labute approximate surface area is 160 Å². The van der Waals surface area contributed by atoms with Crippen molar-refractivity contribution in [1.82, 2.24) is 0 Å². The van der Waals surface area contributed by atoms with Gasteiger partial charge in [0.05, 0.1) is 20.4 Å². The Bertz CT molecular complexity index is 781. The number of hydrogen-bond acceptors (Lipinski definition) is 6. The van der Waals surface area contributed by atoms with E-state index in [1.54, 1.807) is 32.4 Å². The average molecular weight is 373 g/mol. The third kappa shape index (κ3) is 5.54. The van der Waals surface area contributed by atoms with Gasteiger partial charge in [0, 0.05) is 11.1 Å². The molecule has 0 fully saturated rings. The maximum atomic E-state index is 8.62. The summed E-state index contributed by atoms with van der Waals surface area (Å²) in [6, 6.07) is 11.1. The minimum atomic E-state index is -0.0714. The number of methoxy groups -OCH3 is 2. The lowest BCUT2D eigenvalue weighted by Gasteiger charge is -2.23. The number of rotatable bonds is 8. The molecule has 0 atom stereocenters. The van der Waals surface area contributed by atoms with Crippen molar-refractivity contribution in [3.8, 4) is 23.0 Å². The molecule has 6 nitrogen and oxygen atoms in total. The zero-order valence-corrected chi connectivity index (χ0v) is 16.5. The van der Waals surface area contributed by atoms with E-state index >= 15 is 0 Å². The van der Waals surface area contributed by atoms with Crippen LogP contribution in [-0.4, -0.2) is 38.9 Å². The lowest BCUT2D eigenvalue weighted by atomic mass is 9.86. The smallest absolute Gasteiger partial charge is 0.161 e. The molecule has 0 amide bonds. The SMILES string of the molecule is COc1ccc(OCCOc2ccc(C=NO)cc2OC)c(C(C)(C)C)c1. The van der Waals surface area contributed by atoms with Crippen molar-refractivity contribution >= 4 is 6.21 Å². The Kier molecular flexibility index (Phi) is 6.93. The van der Waals surface area contributed by atoms with Crippen LogP contribution in [0.1, 0.15) is 31.9 Å². The van der Waals surface area contributed by atoms with Gasteiger partial charge in [-0.25, -0.2) is 0 Å². The molecule has 2 rings (SSSR count). The first-order chi connectivity index (χ1) is 12.9. The number of benzene rings is 2. The van der Waals surface area contributed by atoms with E-state index in [1.807, 2.05) is 18.2 Å². The summed E-state index contributed by atoms with van der Waals surface area (Å²) in [6.07, 6.45) is 1.33. The summed E-state index contributed by atoms with van der Waals surface area (Å²) in [5.74, 6) is 2.78. The second kappa shape index (κ2) is 9.16. The van der Waals surface area contributed by atoms with E-state index in [4.69, 9.17) is 24.2 Å². The summed E-state index contributed by atoms with van der Waals surface area (Å²) in [5.41, 5.74) is 1.72. The van der Waals surface area contributed by atoms with Crippen LogP contribution in [0.15, 0.2) is 41.6 Å². The Morgan fingerprint density at radius 1 is 0.889 bits per heavy atom. The summed E-state index contributed by atoms with van der Waals surface area (Å²) in [5, 5.41) is 11.6. The van der Waals surface area contributed by atoms with Crippen LogP contribution in [0.25, 0.3) is 0 Å². The van der Waals surface area contributed by atoms with Crippen molar-refractivity contribution in [2.45, 2.75) is 26.2 Å². The number of oxime groups is 1. The first-order valence-electron chi connectivity index (χ1n) is 8.68. The van der Waals surface area contributed by atoms with E-state index in [0.717, 1.165) is 17.1 Å². The molecular formula is C21H27NO5. The van der Waals surface area contributed by atoms with E-state index in [0.29, 0.717) is 30.3 Å². The van der Waals surface area contributed by atoms with Crippen LogP contribution in [0.4, 0.5) is 0 Å². The molecule has 2 aromatic carbocycles. The van der Waals surface area contributed by atoms with Crippen molar-refractivity contribution in [2.24, 2.45) is 5.16 Å². The summed E-state index contributed by atoms with van der Waals surface area (Å²) in [6.45, 7) is 7.14. The molecule has 0 heterocycles. The normalized spacial score (nSPS) is 11.4. The fourth-order valence-electron chi connectivity index (χ4n) is 2.60. The van der Waals surface area contributed by atoms with Gasteiger partial charge in [-0.1, -0.05) is 25.9 Å². The molecule has 146 valence electrons. The third-order valence-electron chi connectivity index (χ3n) is 3.99. The van der Waals surface area contributed by atoms with Gasteiger partial charge in [-0.05, 0) is 41.8 Å². The molecule has 0 aliphatic rings. The van der Waals surface area contributed by atoms with E-state index in [-0.39, 0.29) is 5.41 Å². The van der Waals surface area contributed by atoms with Crippen LogP contribution in [0.2, 0.25) is 0 Å². The molecule has 0 bridgehead atoms. The first-order valence-corrected chi connectivity index (χ1v) is 8.68. The topological polar surface area (TPSA) is 69.5 Å². The Balaban J connectivity index is 2.01. The van der Waals surface area contributed by atoms with Crippen molar-refractivity contribution in [2.75, 3.05) is 27.4 Å². The molecule has 0 aromatic heterocycles. The van der Waals surface area contributed by atoms with Gasteiger partial charge in [-0.2, -0.15) is 0 Å². The minimum Gasteiger partial charge on any atom is -0.497 e. The third-order valence-corrected chi connectivity index (χ3v) is 3.99. The molecule has 6 heteroatoms. The van der Waals surface area contributed by atoms with E-state index in [1.165, 1.54) is 6.21 Å². The zero-order valence-electron chi connectivity index (χ0n) is 16.5. The van der Waals surface area contributed by atoms with E-state index in [9.17, 15) is 0 Å². The second-order valence-electron chi connectivity index (χ2n) is 6.96. The molecule has 27 heavy (non-hydrogen) atoms. The highest BCUT2D eigenvalue weighted by molar-refractivity contribution is 5.80. The van der Waals surface area contributed by atoms with Gasteiger partial charge in [-0.3, -0.25) is 0 Å². The lowest BCUT2D eigenvalue weighted by Crippen LogP contribution is -2.16. The highest BCUT2D eigenvalue weighted by atomic mass is 16.5. The maximum Gasteiger partial charge on any atom is 0.161 e. The largest absolute Gasteiger partial charge is 0.497 e. The maximum absolute atomic E-state index is 8.62. The summed E-state index contributed by atoms with van der Waals surface area (Å²) >= 11 is 0. The molecule has 0 aliphatic carbocycles. The number of hydrogen-bond donors (Lipinski definition) is 1. The lowest BCUT2D eigenvalue weighted by molar-refractivity contribution is 0.208. The fraction of sp³-hybridized carbons (Fsp3) is 0.381. The number of nitrogens with zero attached hydrogens (tertiary/aromatic N) is 1. The molecular weight excluding hydrogens is 346 g/mol. The predicted molar refractivity (Wildman–Crippen MR) is 105 cm³/mol. The minimum absolute atomic E-state index is 0.0714. The molecule has 0 saturated carbocycles. The van der Waals surface area contributed by atoms with Crippen LogP contribution in [0.5, 0.6) is 23.0 Å². The van der Waals surface area contributed by atoms with Gasteiger partial charge in [0.15, 0.2) is 11.5 Å². The van der Waals surface area contributed by atoms with Crippen LogP contribution in [-0.2, 0) is 5.41 Å². The van der Waals surface area contributed by atoms with Crippen molar-refractivity contribution in [1.29, 1.82) is 0 Å². The Morgan fingerprint density at radius 2 is 1.56 bits per heavy atom. The molecule has 0 unspecified atom stereocenters. The van der Waals surface area contributed by atoms with Gasteiger partial charge in [-0.15, -0.1) is 0 Å². The quantitative estimate of drug-likeness (QED) is 0.324. The van der Waals surface area contributed by atoms with Crippen LogP contribution < -0.4 is 18.9 Å². The van der Waals surface area contributed by atoms with Crippen molar-refractivity contribution < 1.29 is 24.2 Å². The second-order valence-corrected chi connectivity index (χ2v) is 6.96. The molecule has 0 spiro atoms. The number of ether oxygens (including phenoxy) is 4. The first kappa shape index (κ1) is 20.4. The van der Waals surface area contributed by atoms with Crippen LogP contribution >= 0.6 is 0 Å². The molecule has 1 N–H and O–H groups in total. The monoisotopic (exact) mass is 373 g/mol. The van der Waals surface area contributed by atoms with Crippen LogP contribution in [0, 0.1) is 0 Å². The van der Waals surface area contributed by atoms with Crippen molar-refractivity contribution in [3.05, 3.63) is 47.5 Å². The van der Waals surface area contributed by atoms with Gasteiger partial charge < -0.3 is 24.2 Å². The summed E-state index contributed by atoms with van der Waals surface area (Å²) in [7, 11) is 3.22. The Hall–Kier alpha value is -2.89. The van der Waals surface area contributed by atoms with Gasteiger partial charge in [0.2, 0.25) is 0 Å². The molecule has 0 radical (unpaired) electrons.